The fourth-order valence-corrected chi connectivity index (χ4v) is 0.604. The number of rotatable bonds is 2. The molecule has 0 radical (unpaired) electrons. The summed E-state index contributed by atoms with van der Waals surface area (Å²) in [6.07, 6.45) is 0. The average Bonchev–Trinajstić information content (AvgIpc) is 1.30. The molecule has 0 aliphatic carbocycles. The summed E-state index contributed by atoms with van der Waals surface area (Å²) in [7, 11) is -1.77. The summed E-state index contributed by atoms with van der Waals surface area (Å²) >= 11 is 0. The Balaban J connectivity index is 3.60. The van der Waals surface area contributed by atoms with Crippen LogP contribution in [0.15, 0.2) is 0 Å². The number of nitrogens with two attached hydrogens (primary N) is 1. The van der Waals surface area contributed by atoms with Gasteiger partial charge in [-0.1, -0.05) is 0 Å². The van der Waals surface area contributed by atoms with E-state index < -0.39 is 10.0 Å². The van der Waals surface area contributed by atoms with E-state index in [1.165, 1.54) is 7.05 Å². The molecule has 0 atom stereocenters. The number of sulfonamides is 1. The van der Waals surface area contributed by atoms with Crippen molar-refractivity contribution in [3.05, 3.63) is 0 Å². The zero-order valence-electron chi connectivity index (χ0n) is 4.01. The fraction of sp³-hybridized carbons (Fsp3) is 1.00. The Hall–Kier alpha value is -0.130. The second-order valence-electron chi connectivity index (χ2n) is 1.16. The molecule has 0 aromatic heterocycles. The zero-order valence-corrected chi connectivity index (χ0v) is 4.83. The quantitative estimate of drug-likeness (QED) is 0.468. The van der Waals surface area contributed by atoms with Crippen LogP contribution in [0.25, 0.3) is 0 Å². The highest BCUT2D eigenvalue weighted by atomic mass is 32.2. The third-order valence-corrected chi connectivity index (χ3v) is 1.04. The summed E-state index contributed by atoms with van der Waals surface area (Å²) in [5, 5.41) is 6.95. The van der Waals surface area contributed by atoms with E-state index in [1.807, 2.05) is 0 Å². The van der Waals surface area contributed by atoms with Gasteiger partial charge in [0.25, 0.3) is 0 Å². The minimum absolute atomic E-state index is 0.160. The van der Waals surface area contributed by atoms with Crippen LogP contribution in [0.2, 0.25) is 0 Å². The highest BCUT2D eigenvalue weighted by Gasteiger charge is 1.95. The molecule has 4 nitrogen and oxygen atoms in total. The van der Waals surface area contributed by atoms with Gasteiger partial charge in [-0.15, -0.1) is 0 Å². The molecular formula is C2H8N2O2S. The highest BCUT2D eigenvalue weighted by molar-refractivity contribution is 7.89. The molecule has 0 heterocycles. The summed E-state index contributed by atoms with van der Waals surface area (Å²) in [5.74, 6) is -0.160. The van der Waals surface area contributed by atoms with E-state index in [-0.39, 0.29) is 5.88 Å². The van der Waals surface area contributed by atoms with Gasteiger partial charge in [-0.2, -0.15) is 0 Å². The van der Waals surface area contributed by atoms with Crippen molar-refractivity contribution in [3.8, 4) is 0 Å². The van der Waals surface area contributed by atoms with Gasteiger partial charge in [-0.25, -0.2) is 13.6 Å². The molecule has 0 bridgehead atoms. The second kappa shape index (κ2) is 2.25. The number of hydrogen-bond acceptors (Lipinski definition) is 3. The van der Waals surface area contributed by atoms with Gasteiger partial charge in [0.05, 0.1) is 0 Å². The summed E-state index contributed by atoms with van der Waals surface area (Å²) in [6, 6.07) is 0. The lowest BCUT2D eigenvalue weighted by atomic mass is 11.3. The SMILES string of the molecule is CNCS(N)(=O)=O. The standard InChI is InChI=1S/C2H8N2O2S/c1-4-2-7(3,5)6/h4H,2H2,1H3,(H2,3,5,6). The van der Waals surface area contributed by atoms with Crippen molar-refractivity contribution in [1.82, 2.24) is 5.32 Å². The first-order valence-electron chi connectivity index (χ1n) is 1.71. The predicted molar refractivity (Wildman–Crippen MR) is 27.0 cm³/mol. The summed E-state index contributed by atoms with van der Waals surface area (Å²) in [6.45, 7) is 0. The van der Waals surface area contributed by atoms with Gasteiger partial charge in [0, 0.05) is 0 Å². The Kier molecular flexibility index (Phi) is 2.21. The first kappa shape index (κ1) is 6.87. The van der Waals surface area contributed by atoms with Crippen LogP contribution in [0.1, 0.15) is 0 Å². The van der Waals surface area contributed by atoms with Crippen molar-refractivity contribution in [1.29, 1.82) is 0 Å². The molecule has 0 saturated heterocycles. The van der Waals surface area contributed by atoms with E-state index in [0.29, 0.717) is 0 Å². The van der Waals surface area contributed by atoms with Crippen molar-refractivity contribution in [2.45, 2.75) is 0 Å². The molecule has 0 saturated carbocycles. The van der Waals surface area contributed by atoms with Gasteiger partial charge in [0.15, 0.2) is 0 Å². The molecule has 0 aliphatic heterocycles. The van der Waals surface area contributed by atoms with Gasteiger partial charge in [-0.05, 0) is 7.05 Å². The average molecular weight is 124 g/mol. The molecule has 0 aromatic rings. The van der Waals surface area contributed by atoms with E-state index in [9.17, 15) is 8.42 Å². The van der Waals surface area contributed by atoms with E-state index in [0.717, 1.165) is 0 Å². The maximum Gasteiger partial charge on any atom is 0.222 e. The molecular weight excluding hydrogens is 116 g/mol. The Morgan fingerprint density at radius 2 is 2.14 bits per heavy atom. The fourth-order valence-electron chi connectivity index (χ4n) is 0.201. The van der Waals surface area contributed by atoms with Gasteiger partial charge < -0.3 is 5.32 Å². The normalized spacial score (nSPS) is 11.7. The van der Waals surface area contributed by atoms with Crippen LogP contribution in [0.4, 0.5) is 0 Å². The van der Waals surface area contributed by atoms with Crippen molar-refractivity contribution in [2.75, 3.05) is 12.9 Å². The number of hydrogen-bond donors (Lipinski definition) is 2. The molecule has 0 amide bonds. The third-order valence-electron chi connectivity index (χ3n) is 0.346. The topological polar surface area (TPSA) is 72.2 Å². The van der Waals surface area contributed by atoms with Crippen LogP contribution in [0.5, 0.6) is 0 Å². The van der Waals surface area contributed by atoms with E-state index in [4.69, 9.17) is 0 Å². The van der Waals surface area contributed by atoms with Crippen molar-refractivity contribution in [2.24, 2.45) is 5.14 Å². The molecule has 7 heavy (non-hydrogen) atoms. The molecule has 0 spiro atoms. The molecule has 5 heteroatoms. The van der Waals surface area contributed by atoms with Crippen LogP contribution in [-0.4, -0.2) is 21.3 Å². The lowest BCUT2D eigenvalue weighted by molar-refractivity contribution is 0.593. The van der Waals surface area contributed by atoms with E-state index in [1.54, 1.807) is 0 Å². The Morgan fingerprint density at radius 3 is 2.14 bits per heavy atom. The minimum Gasteiger partial charge on any atom is -0.306 e. The largest absolute Gasteiger partial charge is 0.306 e. The van der Waals surface area contributed by atoms with Crippen molar-refractivity contribution >= 4 is 10.0 Å². The number of primary sulfonamides is 1. The second-order valence-corrected chi connectivity index (χ2v) is 2.78. The predicted octanol–water partition coefficient (Wildman–Crippen LogP) is -1.55. The first-order chi connectivity index (χ1) is 3.06. The monoisotopic (exact) mass is 124 g/mol. The zero-order chi connectivity index (χ0) is 5.91. The molecule has 3 N–H and O–H groups in total. The van der Waals surface area contributed by atoms with Gasteiger partial charge in [-0.3, -0.25) is 0 Å². The third kappa shape index (κ3) is 5.87. The molecule has 0 rings (SSSR count). The van der Waals surface area contributed by atoms with E-state index in [2.05, 4.69) is 10.5 Å². The smallest absolute Gasteiger partial charge is 0.222 e. The molecule has 0 unspecified atom stereocenters. The van der Waals surface area contributed by atoms with Gasteiger partial charge in [0.2, 0.25) is 10.0 Å². The van der Waals surface area contributed by atoms with Crippen LogP contribution in [0, 0.1) is 0 Å². The number of nitrogens with one attached hydrogen (secondary N) is 1. The van der Waals surface area contributed by atoms with Gasteiger partial charge in [0.1, 0.15) is 5.88 Å². The molecule has 0 fully saturated rings. The summed E-state index contributed by atoms with van der Waals surface area (Å²) < 4.78 is 19.9. The van der Waals surface area contributed by atoms with Crippen molar-refractivity contribution in [3.63, 3.8) is 0 Å². The Labute approximate surface area is 42.8 Å². The molecule has 0 aromatic carbocycles. The Morgan fingerprint density at radius 1 is 1.71 bits per heavy atom. The van der Waals surface area contributed by atoms with Crippen LogP contribution >= 0.6 is 0 Å². The van der Waals surface area contributed by atoms with Gasteiger partial charge >= 0.3 is 0 Å². The summed E-state index contributed by atoms with van der Waals surface area (Å²) in [4.78, 5) is 0. The van der Waals surface area contributed by atoms with Crippen molar-refractivity contribution < 1.29 is 8.42 Å². The van der Waals surface area contributed by atoms with E-state index >= 15 is 0 Å². The highest BCUT2D eigenvalue weighted by Crippen LogP contribution is 1.65. The Bertz CT molecular complexity index is 127. The van der Waals surface area contributed by atoms with Crippen LogP contribution in [0.3, 0.4) is 0 Å². The maximum atomic E-state index is 9.95. The minimum atomic E-state index is -3.29. The lowest BCUT2D eigenvalue weighted by Gasteiger charge is -1.90. The first-order valence-corrected chi connectivity index (χ1v) is 3.43. The summed E-state index contributed by atoms with van der Waals surface area (Å²) in [5.41, 5.74) is 0. The maximum absolute atomic E-state index is 9.95. The lowest BCUT2D eigenvalue weighted by Crippen LogP contribution is -2.25. The van der Waals surface area contributed by atoms with Crippen LogP contribution < -0.4 is 10.5 Å². The molecule has 44 valence electrons. The molecule has 0 aliphatic rings. The van der Waals surface area contributed by atoms with Crippen LogP contribution in [-0.2, 0) is 10.0 Å².